The smallest absolute Gasteiger partial charge is 0.137 e. The lowest BCUT2D eigenvalue weighted by molar-refractivity contribution is 0.242. The molecule has 1 fully saturated rings. The lowest BCUT2D eigenvalue weighted by Crippen LogP contribution is -2.36. The molecular formula is C14H22Cl2N2O. The van der Waals surface area contributed by atoms with E-state index in [0.717, 1.165) is 18.8 Å². The van der Waals surface area contributed by atoms with E-state index < -0.39 is 0 Å². The summed E-state index contributed by atoms with van der Waals surface area (Å²) in [4.78, 5) is 2.52. The highest BCUT2D eigenvalue weighted by molar-refractivity contribution is 6.32. The number of hydrogen-bond acceptors (Lipinski definition) is 3. The number of halogens is 2. The Morgan fingerprint density at radius 1 is 1.47 bits per heavy atom. The molecule has 1 unspecified atom stereocenters. The van der Waals surface area contributed by atoms with E-state index in [-0.39, 0.29) is 12.4 Å². The Labute approximate surface area is 126 Å². The number of methoxy groups -OCH3 is 1. The van der Waals surface area contributed by atoms with E-state index in [2.05, 4.69) is 16.3 Å². The number of benzene rings is 1. The van der Waals surface area contributed by atoms with E-state index in [4.69, 9.17) is 16.3 Å². The van der Waals surface area contributed by atoms with E-state index in [9.17, 15) is 0 Å². The first-order chi connectivity index (χ1) is 8.74. The van der Waals surface area contributed by atoms with E-state index in [0.29, 0.717) is 11.1 Å². The lowest BCUT2D eigenvalue weighted by Gasteiger charge is -2.24. The van der Waals surface area contributed by atoms with Crippen molar-refractivity contribution in [2.75, 3.05) is 27.2 Å². The van der Waals surface area contributed by atoms with Crippen molar-refractivity contribution in [1.29, 1.82) is 0 Å². The van der Waals surface area contributed by atoms with Crippen LogP contribution >= 0.6 is 24.0 Å². The van der Waals surface area contributed by atoms with Gasteiger partial charge in [-0.3, -0.25) is 4.90 Å². The lowest BCUT2D eigenvalue weighted by atomic mass is 10.1. The average Bonchev–Trinajstić information content (AvgIpc) is 2.78. The third-order valence-corrected chi connectivity index (χ3v) is 3.84. The summed E-state index contributed by atoms with van der Waals surface area (Å²) in [5.74, 6) is 0.744. The molecule has 1 aromatic rings. The van der Waals surface area contributed by atoms with Gasteiger partial charge in [-0.05, 0) is 44.1 Å². The minimum atomic E-state index is 0. The van der Waals surface area contributed by atoms with Crippen LogP contribution in [0.1, 0.15) is 18.4 Å². The van der Waals surface area contributed by atoms with Crippen LogP contribution in [0.25, 0.3) is 0 Å². The zero-order valence-electron chi connectivity index (χ0n) is 11.5. The van der Waals surface area contributed by atoms with Gasteiger partial charge >= 0.3 is 0 Å². The summed E-state index contributed by atoms with van der Waals surface area (Å²) in [7, 11) is 3.66. The fraction of sp³-hybridized carbons (Fsp3) is 0.571. The molecule has 1 aliphatic rings. The van der Waals surface area contributed by atoms with Crippen molar-refractivity contribution < 1.29 is 4.74 Å². The van der Waals surface area contributed by atoms with Crippen molar-refractivity contribution in [3.8, 4) is 5.75 Å². The minimum Gasteiger partial charge on any atom is -0.495 e. The molecule has 19 heavy (non-hydrogen) atoms. The van der Waals surface area contributed by atoms with Gasteiger partial charge in [0.15, 0.2) is 0 Å². The second kappa shape index (κ2) is 7.95. The van der Waals surface area contributed by atoms with Crippen molar-refractivity contribution in [1.82, 2.24) is 10.2 Å². The predicted molar refractivity (Wildman–Crippen MR) is 82.6 cm³/mol. The largest absolute Gasteiger partial charge is 0.495 e. The molecule has 0 aliphatic carbocycles. The van der Waals surface area contributed by atoms with Crippen LogP contribution in [0, 0.1) is 0 Å². The van der Waals surface area contributed by atoms with Crippen LogP contribution in [0.4, 0.5) is 0 Å². The van der Waals surface area contributed by atoms with Gasteiger partial charge in [0.2, 0.25) is 0 Å². The van der Waals surface area contributed by atoms with Gasteiger partial charge in [0.1, 0.15) is 5.75 Å². The Hall–Kier alpha value is -0.480. The molecule has 0 bridgehead atoms. The number of rotatable bonds is 5. The Balaban J connectivity index is 0.00000180. The summed E-state index contributed by atoms with van der Waals surface area (Å²) in [6.45, 7) is 3.20. The maximum atomic E-state index is 6.16. The molecule has 1 aliphatic heterocycles. The summed E-state index contributed by atoms with van der Waals surface area (Å²) < 4.78 is 5.17. The van der Waals surface area contributed by atoms with Gasteiger partial charge in [-0.25, -0.2) is 0 Å². The first kappa shape index (κ1) is 16.6. The van der Waals surface area contributed by atoms with Crippen molar-refractivity contribution in [2.45, 2.75) is 25.4 Å². The van der Waals surface area contributed by atoms with Gasteiger partial charge in [-0.1, -0.05) is 17.7 Å². The molecule has 2 rings (SSSR count). The van der Waals surface area contributed by atoms with Crippen LogP contribution in [-0.2, 0) is 6.54 Å². The molecule has 1 N–H and O–H groups in total. The van der Waals surface area contributed by atoms with Gasteiger partial charge in [0, 0.05) is 19.1 Å². The van der Waals surface area contributed by atoms with E-state index in [1.807, 2.05) is 19.2 Å². The van der Waals surface area contributed by atoms with Crippen molar-refractivity contribution in [2.24, 2.45) is 0 Å². The number of hydrogen-bond donors (Lipinski definition) is 1. The van der Waals surface area contributed by atoms with Gasteiger partial charge in [-0.15, -0.1) is 12.4 Å². The van der Waals surface area contributed by atoms with Crippen molar-refractivity contribution >= 4 is 24.0 Å². The maximum absolute atomic E-state index is 6.16. The fourth-order valence-electron chi connectivity index (χ4n) is 2.61. The highest BCUT2D eigenvalue weighted by atomic mass is 35.5. The maximum Gasteiger partial charge on any atom is 0.137 e. The van der Waals surface area contributed by atoms with Crippen LogP contribution in [0.5, 0.6) is 5.75 Å². The molecule has 0 saturated carbocycles. The Morgan fingerprint density at radius 3 is 2.89 bits per heavy atom. The first-order valence-electron chi connectivity index (χ1n) is 6.45. The molecule has 1 aromatic carbocycles. The van der Waals surface area contributed by atoms with Gasteiger partial charge in [0.05, 0.1) is 12.1 Å². The fourth-order valence-corrected chi connectivity index (χ4v) is 2.89. The molecule has 0 amide bonds. The molecule has 5 heteroatoms. The topological polar surface area (TPSA) is 24.5 Å². The number of nitrogens with zero attached hydrogens (tertiary/aromatic N) is 1. The summed E-state index contributed by atoms with van der Waals surface area (Å²) >= 11 is 6.16. The Morgan fingerprint density at radius 2 is 2.26 bits per heavy atom. The molecule has 0 aromatic heterocycles. The third kappa shape index (κ3) is 4.25. The standard InChI is InChI=1S/C14H21ClN2O.ClH/c1-16-9-12-4-3-7-17(12)10-11-5-6-14(18-2)13(15)8-11;/h5-6,8,12,16H,3-4,7,9-10H2,1-2H3;1H. The molecule has 0 radical (unpaired) electrons. The summed E-state index contributed by atoms with van der Waals surface area (Å²) in [6.07, 6.45) is 2.57. The number of likely N-dealkylation sites (N-methyl/N-ethyl adjacent to an activating group) is 1. The summed E-state index contributed by atoms with van der Waals surface area (Å²) in [5, 5.41) is 3.96. The number of nitrogens with one attached hydrogen (secondary N) is 1. The van der Waals surface area contributed by atoms with Crippen LogP contribution in [0.2, 0.25) is 5.02 Å². The monoisotopic (exact) mass is 304 g/mol. The predicted octanol–water partition coefficient (Wildman–Crippen LogP) is 2.95. The van der Waals surface area contributed by atoms with Gasteiger partial charge in [0.25, 0.3) is 0 Å². The average molecular weight is 305 g/mol. The third-order valence-electron chi connectivity index (χ3n) is 3.54. The van der Waals surface area contributed by atoms with Gasteiger partial charge in [-0.2, -0.15) is 0 Å². The highest BCUT2D eigenvalue weighted by Gasteiger charge is 2.23. The van der Waals surface area contributed by atoms with Crippen LogP contribution in [0.15, 0.2) is 18.2 Å². The Kier molecular flexibility index (Phi) is 6.94. The van der Waals surface area contributed by atoms with Crippen LogP contribution < -0.4 is 10.1 Å². The number of likely N-dealkylation sites (tertiary alicyclic amines) is 1. The molecule has 108 valence electrons. The van der Waals surface area contributed by atoms with Crippen molar-refractivity contribution in [3.05, 3.63) is 28.8 Å². The summed E-state index contributed by atoms with van der Waals surface area (Å²) in [6, 6.07) is 6.70. The van der Waals surface area contributed by atoms with E-state index in [1.165, 1.54) is 24.9 Å². The number of ether oxygens (including phenoxy) is 1. The molecule has 1 heterocycles. The molecule has 1 atom stereocenters. The zero-order chi connectivity index (χ0) is 13.0. The van der Waals surface area contributed by atoms with E-state index in [1.54, 1.807) is 7.11 Å². The SMILES string of the molecule is CNCC1CCCN1Cc1ccc(OC)c(Cl)c1.Cl. The molecule has 1 saturated heterocycles. The normalized spacial score (nSPS) is 19.2. The molecule has 3 nitrogen and oxygen atoms in total. The van der Waals surface area contributed by atoms with Crippen LogP contribution in [0.3, 0.4) is 0 Å². The zero-order valence-corrected chi connectivity index (χ0v) is 13.1. The second-order valence-corrected chi connectivity index (χ2v) is 5.20. The molecular weight excluding hydrogens is 283 g/mol. The van der Waals surface area contributed by atoms with Crippen LogP contribution in [-0.4, -0.2) is 38.2 Å². The second-order valence-electron chi connectivity index (χ2n) is 4.79. The van der Waals surface area contributed by atoms with E-state index >= 15 is 0 Å². The first-order valence-corrected chi connectivity index (χ1v) is 6.83. The molecule has 0 spiro atoms. The van der Waals surface area contributed by atoms with Gasteiger partial charge < -0.3 is 10.1 Å². The summed E-state index contributed by atoms with van der Waals surface area (Å²) in [5.41, 5.74) is 1.25. The highest BCUT2D eigenvalue weighted by Crippen LogP contribution is 2.27. The quantitative estimate of drug-likeness (QED) is 0.905. The van der Waals surface area contributed by atoms with Crippen molar-refractivity contribution in [3.63, 3.8) is 0 Å². The minimum absolute atomic E-state index is 0. The Bertz CT molecular complexity index is 401.